The number of aliphatic hydroxyl groups excluding tert-OH is 1. The van der Waals surface area contributed by atoms with Crippen LogP contribution in [-0.4, -0.2) is 18.2 Å². The fourth-order valence-corrected chi connectivity index (χ4v) is 1.86. The van der Waals surface area contributed by atoms with Crippen LogP contribution < -0.4 is 0 Å². The highest BCUT2D eigenvalue weighted by Gasteiger charge is 2.20. The van der Waals surface area contributed by atoms with Crippen LogP contribution in [0.25, 0.3) is 0 Å². The minimum Gasteiger partial charge on any atom is -0.466 e. The molecule has 0 aliphatic carbocycles. The predicted octanol–water partition coefficient (Wildman–Crippen LogP) is 2.52. The number of aliphatic hydroxyl groups is 1. The third kappa shape index (κ3) is 3.05. The van der Waals surface area contributed by atoms with E-state index >= 15 is 0 Å². The molecule has 86 valence electrons. The lowest BCUT2D eigenvalue weighted by Gasteiger charge is -2.13. The van der Waals surface area contributed by atoms with Crippen LogP contribution in [0.1, 0.15) is 17.2 Å². The van der Waals surface area contributed by atoms with E-state index in [2.05, 4.69) is 4.74 Å². The van der Waals surface area contributed by atoms with Crippen molar-refractivity contribution in [3.05, 3.63) is 45.0 Å². The molecule has 3 nitrogen and oxygen atoms in total. The highest BCUT2D eigenvalue weighted by molar-refractivity contribution is 14.1. The van der Waals surface area contributed by atoms with Gasteiger partial charge in [0.15, 0.2) is 0 Å². The van der Waals surface area contributed by atoms with Gasteiger partial charge in [0, 0.05) is 0 Å². The molecule has 0 aliphatic heterocycles. The second-order valence-electron chi connectivity index (χ2n) is 3.37. The average Bonchev–Trinajstić information content (AvgIpc) is 2.30. The zero-order valence-corrected chi connectivity index (χ0v) is 11.3. The molecule has 4 heteroatoms. The van der Waals surface area contributed by atoms with E-state index in [9.17, 15) is 9.90 Å². The maximum atomic E-state index is 11.4. The molecule has 0 heterocycles. The van der Waals surface area contributed by atoms with E-state index in [1.165, 1.54) is 11.2 Å². The van der Waals surface area contributed by atoms with Crippen LogP contribution in [0, 0.1) is 6.92 Å². The van der Waals surface area contributed by atoms with Crippen molar-refractivity contribution in [3.63, 3.8) is 0 Å². The van der Waals surface area contributed by atoms with Gasteiger partial charge in [0.25, 0.3) is 0 Å². The summed E-state index contributed by atoms with van der Waals surface area (Å²) >= 11 is 1.91. The summed E-state index contributed by atoms with van der Waals surface area (Å²) in [7, 11) is 1.30. The lowest BCUT2D eigenvalue weighted by molar-refractivity contribution is -0.137. The minimum absolute atomic E-state index is 0.243. The Labute approximate surface area is 108 Å². The van der Waals surface area contributed by atoms with Crippen LogP contribution in [0.3, 0.4) is 0 Å². The Hall–Kier alpha value is -0.880. The number of methoxy groups -OCH3 is 1. The van der Waals surface area contributed by atoms with E-state index in [1.54, 1.807) is 12.1 Å². The number of benzene rings is 1. The summed E-state index contributed by atoms with van der Waals surface area (Å²) in [5.74, 6) is -0.512. The summed E-state index contributed by atoms with van der Waals surface area (Å²) in [5.41, 5.74) is 2.03. The van der Waals surface area contributed by atoms with E-state index in [0.29, 0.717) is 5.56 Å². The maximum absolute atomic E-state index is 11.4. The summed E-state index contributed by atoms with van der Waals surface area (Å²) in [6, 6.07) is 7.37. The summed E-state index contributed by atoms with van der Waals surface area (Å²) in [6.45, 7) is 1.96. The number of esters is 1. The number of carbonyl (C=O) groups is 1. The van der Waals surface area contributed by atoms with Crippen molar-refractivity contribution in [2.24, 2.45) is 0 Å². The van der Waals surface area contributed by atoms with Crippen molar-refractivity contribution in [1.82, 2.24) is 0 Å². The third-order valence-corrected chi connectivity index (χ3v) is 2.90. The topological polar surface area (TPSA) is 46.5 Å². The number of hydrogen-bond acceptors (Lipinski definition) is 3. The predicted molar refractivity (Wildman–Crippen MR) is 70.3 cm³/mol. The molecular formula is C12H13IO3. The fraction of sp³-hybridized carbons (Fsp3) is 0.250. The zero-order valence-electron chi connectivity index (χ0n) is 9.11. The zero-order chi connectivity index (χ0) is 12.1. The Morgan fingerprint density at radius 3 is 2.44 bits per heavy atom. The normalized spacial score (nSPS) is 13.4. The Morgan fingerprint density at radius 1 is 1.44 bits per heavy atom. The number of halogens is 1. The molecule has 0 saturated carbocycles. The van der Waals surface area contributed by atoms with Crippen molar-refractivity contribution in [2.45, 2.75) is 13.0 Å². The quantitative estimate of drug-likeness (QED) is 0.526. The summed E-state index contributed by atoms with van der Waals surface area (Å²) in [6.07, 6.45) is -0.940. The van der Waals surface area contributed by atoms with E-state index < -0.39 is 12.1 Å². The van der Waals surface area contributed by atoms with E-state index in [4.69, 9.17) is 0 Å². The van der Waals surface area contributed by atoms with Crippen molar-refractivity contribution >= 4 is 28.6 Å². The number of carbonyl (C=O) groups excluding carboxylic acids is 1. The molecule has 0 fully saturated rings. The molecule has 0 spiro atoms. The molecule has 1 N–H and O–H groups in total. The number of hydrogen-bond donors (Lipinski definition) is 1. The van der Waals surface area contributed by atoms with Gasteiger partial charge in [-0.15, -0.1) is 0 Å². The SMILES string of the molecule is COC(=O)C(=CI)C(O)c1ccc(C)cc1. The largest absolute Gasteiger partial charge is 0.466 e. The maximum Gasteiger partial charge on any atom is 0.337 e. The second kappa shape index (κ2) is 6.00. The first-order chi connectivity index (χ1) is 7.60. The molecule has 1 unspecified atom stereocenters. The van der Waals surface area contributed by atoms with Crippen molar-refractivity contribution in [2.75, 3.05) is 7.11 Å². The Balaban J connectivity index is 2.96. The van der Waals surface area contributed by atoms with Gasteiger partial charge < -0.3 is 9.84 Å². The number of aryl methyl sites for hydroxylation is 1. The third-order valence-electron chi connectivity index (χ3n) is 2.23. The standard InChI is InChI=1S/C12H13IO3/c1-8-3-5-9(6-4-8)11(14)10(7-13)12(15)16-2/h3-7,11,14H,1-2H3. The number of rotatable bonds is 3. The van der Waals surface area contributed by atoms with Crippen LogP contribution in [0.2, 0.25) is 0 Å². The monoisotopic (exact) mass is 332 g/mol. The first kappa shape index (κ1) is 13.2. The second-order valence-corrected chi connectivity index (χ2v) is 3.99. The van der Waals surface area contributed by atoms with E-state index in [0.717, 1.165) is 5.56 Å². The van der Waals surface area contributed by atoms with Gasteiger partial charge in [-0.25, -0.2) is 4.79 Å². The molecule has 0 aromatic heterocycles. The van der Waals surface area contributed by atoms with Crippen LogP contribution >= 0.6 is 22.6 Å². The van der Waals surface area contributed by atoms with Crippen LogP contribution in [0.15, 0.2) is 33.9 Å². The molecular weight excluding hydrogens is 319 g/mol. The van der Waals surface area contributed by atoms with Gasteiger partial charge >= 0.3 is 5.97 Å². The first-order valence-electron chi connectivity index (χ1n) is 4.73. The molecule has 1 atom stereocenters. The van der Waals surface area contributed by atoms with Gasteiger partial charge in [0.2, 0.25) is 0 Å². The first-order valence-corrected chi connectivity index (χ1v) is 5.98. The van der Waals surface area contributed by atoms with Crippen LogP contribution in [-0.2, 0) is 9.53 Å². The van der Waals surface area contributed by atoms with E-state index in [-0.39, 0.29) is 5.57 Å². The molecule has 1 aromatic carbocycles. The van der Waals surface area contributed by atoms with Crippen molar-refractivity contribution in [3.8, 4) is 0 Å². The Bertz CT molecular complexity index is 395. The summed E-state index contributed by atoms with van der Waals surface area (Å²) < 4.78 is 6.13. The molecule has 0 saturated heterocycles. The number of ether oxygens (including phenoxy) is 1. The van der Waals surface area contributed by atoms with Gasteiger partial charge in [-0.3, -0.25) is 0 Å². The van der Waals surface area contributed by atoms with Gasteiger partial charge in [-0.2, -0.15) is 0 Å². The van der Waals surface area contributed by atoms with Crippen molar-refractivity contribution in [1.29, 1.82) is 0 Å². The molecule has 0 aliphatic rings. The molecule has 0 amide bonds. The lowest BCUT2D eigenvalue weighted by Crippen LogP contribution is -2.12. The molecule has 0 bridgehead atoms. The highest BCUT2D eigenvalue weighted by atomic mass is 127. The van der Waals surface area contributed by atoms with Gasteiger partial charge in [0.1, 0.15) is 6.10 Å². The van der Waals surface area contributed by atoms with Crippen LogP contribution in [0.4, 0.5) is 0 Å². The minimum atomic E-state index is -0.940. The summed E-state index contributed by atoms with van der Waals surface area (Å²) in [4.78, 5) is 11.4. The molecule has 0 radical (unpaired) electrons. The molecule has 1 aromatic rings. The van der Waals surface area contributed by atoms with Crippen molar-refractivity contribution < 1.29 is 14.6 Å². The van der Waals surface area contributed by atoms with Crippen LogP contribution in [0.5, 0.6) is 0 Å². The van der Waals surface area contributed by atoms with Gasteiger partial charge in [0.05, 0.1) is 12.7 Å². The lowest BCUT2D eigenvalue weighted by atomic mass is 10.0. The summed E-state index contributed by atoms with van der Waals surface area (Å²) in [5, 5.41) is 10.00. The van der Waals surface area contributed by atoms with Gasteiger partial charge in [-0.05, 0) is 16.6 Å². The molecule has 1 rings (SSSR count). The van der Waals surface area contributed by atoms with E-state index in [1.807, 2.05) is 41.6 Å². The smallest absolute Gasteiger partial charge is 0.337 e. The highest BCUT2D eigenvalue weighted by Crippen LogP contribution is 2.23. The Kier molecular flexibility index (Phi) is 4.95. The average molecular weight is 332 g/mol. The molecule has 16 heavy (non-hydrogen) atoms. The Morgan fingerprint density at radius 2 is 2.00 bits per heavy atom. The van der Waals surface area contributed by atoms with Gasteiger partial charge in [-0.1, -0.05) is 52.4 Å². The fourth-order valence-electron chi connectivity index (χ4n) is 1.26.